The Morgan fingerprint density at radius 3 is 2.57 bits per heavy atom. The van der Waals surface area contributed by atoms with Crippen molar-refractivity contribution in [3.05, 3.63) is 23.8 Å². The molecular weight excluding hydrogens is 202 g/mol. The van der Waals surface area contributed by atoms with Crippen LogP contribution in [0.2, 0.25) is 0 Å². The second kappa shape index (κ2) is 3.32. The van der Waals surface area contributed by atoms with E-state index in [1.165, 1.54) is 12.1 Å². The van der Waals surface area contributed by atoms with Gasteiger partial charge >= 0.3 is 0 Å². The fourth-order valence-electron chi connectivity index (χ4n) is 1.23. The molecule has 1 atom stereocenters. The third kappa shape index (κ3) is 1.57. The second-order valence-electron chi connectivity index (χ2n) is 2.92. The number of hydrogen-bond donors (Lipinski definition) is 5. The molecule has 0 saturated carbocycles. The predicted octanol–water partition coefficient (Wildman–Crippen LogP) is 0.0787. The number of phenols is 2. The van der Waals surface area contributed by atoms with Crippen molar-refractivity contribution in [1.82, 2.24) is 16.2 Å². The summed E-state index contributed by atoms with van der Waals surface area (Å²) in [5.74, 6) is -0.286. The number of hydrazine groups is 1. The zero-order valence-electron chi connectivity index (χ0n) is 7.11. The largest absolute Gasteiger partial charge is 0.504 e. The molecule has 0 spiro atoms. The summed E-state index contributed by atoms with van der Waals surface area (Å²) in [6.07, 6.45) is -0.186. The van der Waals surface area contributed by atoms with Crippen LogP contribution >= 0.6 is 12.2 Å². The van der Waals surface area contributed by atoms with Crippen LogP contribution in [0.5, 0.6) is 11.5 Å². The summed E-state index contributed by atoms with van der Waals surface area (Å²) < 4.78 is 0. The van der Waals surface area contributed by atoms with E-state index in [0.717, 1.165) is 5.56 Å². The highest BCUT2D eigenvalue weighted by atomic mass is 32.1. The third-order valence-electron chi connectivity index (χ3n) is 1.94. The van der Waals surface area contributed by atoms with Crippen LogP contribution in [0.15, 0.2) is 18.2 Å². The summed E-state index contributed by atoms with van der Waals surface area (Å²) in [6.45, 7) is 0. The molecule has 1 aromatic rings. The van der Waals surface area contributed by atoms with E-state index in [-0.39, 0.29) is 17.7 Å². The second-order valence-corrected chi connectivity index (χ2v) is 3.33. The Hall–Kier alpha value is -1.53. The summed E-state index contributed by atoms with van der Waals surface area (Å²) in [5, 5.41) is 21.8. The Morgan fingerprint density at radius 1 is 1.21 bits per heavy atom. The quantitative estimate of drug-likeness (QED) is 0.334. The molecule has 0 bridgehead atoms. The van der Waals surface area contributed by atoms with Gasteiger partial charge in [0, 0.05) is 0 Å². The summed E-state index contributed by atoms with van der Waals surface area (Å²) in [5.41, 5.74) is 6.39. The summed E-state index contributed by atoms with van der Waals surface area (Å²) >= 11 is 4.86. The van der Waals surface area contributed by atoms with E-state index in [9.17, 15) is 5.11 Å². The smallest absolute Gasteiger partial charge is 0.182 e. The van der Waals surface area contributed by atoms with Crippen molar-refractivity contribution in [2.24, 2.45) is 0 Å². The maximum Gasteiger partial charge on any atom is 0.182 e. The van der Waals surface area contributed by atoms with Crippen LogP contribution in [-0.2, 0) is 0 Å². The Bertz CT molecular complexity index is 383. The molecule has 1 heterocycles. The van der Waals surface area contributed by atoms with Gasteiger partial charge in [0.15, 0.2) is 16.6 Å². The highest BCUT2D eigenvalue weighted by Gasteiger charge is 2.19. The van der Waals surface area contributed by atoms with Gasteiger partial charge < -0.3 is 15.5 Å². The van der Waals surface area contributed by atoms with Gasteiger partial charge in [-0.05, 0) is 29.9 Å². The van der Waals surface area contributed by atoms with E-state index in [0.29, 0.717) is 5.11 Å². The lowest BCUT2D eigenvalue weighted by molar-refractivity contribution is 0.401. The maximum atomic E-state index is 9.27. The molecule has 0 aromatic heterocycles. The van der Waals surface area contributed by atoms with Gasteiger partial charge in [-0.25, -0.2) is 5.43 Å². The number of nitrogens with one attached hydrogen (secondary N) is 3. The van der Waals surface area contributed by atoms with Crippen LogP contribution in [0.4, 0.5) is 0 Å². The first kappa shape index (κ1) is 9.04. The lowest BCUT2D eigenvalue weighted by Gasteiger charge is -2.10. The van der Waals surface area contributed by atoms with E-state index in [4.69, 9.17) is 17.3 Å². The minimum atomic E-state index is -0.186. The SMILES string of the molecule is Oc1ccc(C2NNC(=S)N2)cc1O. The fourth-order valence-corrected chi connectivity index (χ4v) is 1.40. The molecule has 0 amide bonds. The van der Waals surface area contributed by atoms with Crippen molar-refractivity contribution >= 4 is 17.3 Å². The van der Waals surface area contributed by atoms with Crippen LogP contribution in [0.3, 0.4) is 0 Å². The van der Waals surface area contributed by atoms with E-state index >= 15 is 0 Å². The normalized spacial score (nSPS) is 20.3. The molecule has 6 heteroatoms. The van der Waals surface area contributed by atoms with Gasteiger partial charge in [-0.15, -0.1) is 0 Å². The maximum absolute atomic E-state index is 9.27. The van der Waals surface area contributed by atoms with Crippen LogP contribution in [-0.4, -0.2) is 15.3 Å². The Kier molecular flexibility index (Phi) is 2.14. The van der Waals surface area contributed by atoms with Crippen molar-refractivity contribution in [3.63, 3.8) is 0 Å². The van der Waals surface area contributed by atoms with E-state index in [1.54, 1.807) is 6.07 Å². The molecule has 1 unspecified atom stereocenters. The molecule has 2 rings (SSSR count). The number of aromatic hydroxyl groups is 2. The van der Waals surface area contributed by atoms with Gasteiger partial charge in [-0.1, -0.05) is 6.07 Å². The number of phenolic OH excluding ortho intramolecular Hbond substituents is 2. The topological polar surface area (TPSA) is 76.5 Å². The number of thiocarbonyl (C=S) groups is 1. The molecule has 1 aliphatic rings. The molecule has 0 radical (unpaired) electrons. The number of benzene rings is 1. The molecule has 1 aliphatic heterocycles. The van der Waals surface area contributed by atoms with Crippen molar-refractivity contribution in [2.45, 2.75) is 6.17 Å². The molecule has 1 saturated heterocycles. The first-order chi connectivity index (χ1) is 6.66. The number of rotatable bonds is 1. The Morgan fingerprint density at radius 2 is 2.00 bits per heavy atom. The molecule has 0 aliphatic carbocycles. The predicted molar refractivity (Wildman–Crippen MR) is 54.5 cm³/mol. The summed E-state index contributed by atoms with van der Waals surface area (Å²) in [7, 11) is 0. The van der Waals surface area contributed by atoms with Gasteiger partial charge in [-0.3, -0.25) is 5.43 Å². The summed E-state index contributed by atoms with van der Waals surface area (Å²) in [4.78, 5) is 0. The lowest BCUT2D eigenvalue weighted by Crippen LogP contribution is -2.26. The minimum absolute atomic E-state index is 0.137. The average Bonchev–Trinajstić information content (AvgIpc) is 2.57. The van der Waals surface area contributed by atoms with Gasteiger partial charge in [0.05, 0.1) is 0 Å². The van der Waals surface area contributed by atoms with Gasteiger partial charge in [0.2, 0.25) is 0 Å². The van der Waals surface area contributed by atoms with Crippen molar-refractivity contribution in [2.75, 3.05) is 0 Å². The molecule has 5 nitrogen and oxygen atoms in total. The monoisotopic (exact) mass is 211 g/mol. The van der Waals surface area contributed by atoms with Crippen LogP contribution in [0.1, 0.15) is 11.7 Å². The Balaban J connectivity index is 2.24. The van der Waals surface area contributed by atoms with E-state index in [2.05, 4.69) is 16.2 Å². The highest BCUT2D eigenvalue weighted by Crippen LogP contribution is 2.27. The summed E-state index contributed by atoms with van der Waals surface area (Å²) in [6, 6.07) is 4.58. The highest BCUT2D eigenvalue weighted by molar-refractivity contribution is 7.80. The molecule has 1 aromatic carbocycles. The molecule has 5 N–H and O–H groups in total. The Labute approximate surface area is 85.7 Å². The van der Waals surface area contributed by atoms with E-state index in [1.807, 2.05) is 0 Å². The standard InChI is InChI=1S/C8H9N3O2S/c12-5-2-1-4(3-6(5)13)7-9-8(14)11-10-7/h1-3,7,10,12-13H,(H2,9,11,14). The van der Waals surface area contributed by atoms with Gasteiger partial charge in [-0.2, -0.15) is 0 Å². The zero-order chi connectivity index (χ0) is 10.1. The van der Waals surface area contributed by atoms with Gasteiger partial charge in [0.1, 0.15) is 6.17 Å². The average molecular weight is 211 g/mol. The molecule has 1 fully saturated rings. The minimum Gasteiger partial charge on any atom is -0.504 e. The third-order valence-corrected chi connectivity index (χ3v) is 2.16. The lowest BCUT2D eigenvalue weighted by atomic mass is 10.1. The number of hydrogen-bond acceptors (Lipinski definition) is 4. The first-order valence-electron chi connectivity index (χ1n) is 4.01. The zero-order valence-corrected chi connectivity index (χ0v) is 7.93. The van der Waals surface area contributed by atoms with Crippen molar-refractivity contribution < 1.29 is 10.2 Å². The van der Waals surface area contributed by atoms with Crippen molar-refractivity contribution in [1.29, 1.82) is 0 Å². The van der Waals surface area contributed by atoms with Crippen LogP contribution in [0.25, 0.3) is 0 Å². The first-order valence-corrected chi connectivity index (χ1v) is 4.41. The molecular formula is C8H9N3O2S. The molecule has 14 heavy (non-hydrogen) atoms. The van der Waals surface area contributed by atoms with Gasteiger partial charge in [0.25, 0.3) is 0 Å². The fraction of sp³-hybridized carbons (Fsp3) is 0.125. The van der Waals surface area contributed by atoms with E-state index < -0.39 is 0 Å². The van der Waals surface area contributed by atoms with Crippen LogP contribution < -0.4 is 16.2 Å². The van der Waals surface area contributed by atoms with Crippen molar-refractivity contribution in [3.8, 4) is 11.5 Å². The van der Waals surface area contributed by atoms with Crippen LogP contribution in [0, 0.1) is 0 Å². The molecule has 74 valence electrons.